The highest BCUT2D eigenvalue weighted by molar-refractivity contribution is 5.73. The molecule has 0 amide bonds. The second-order valence-electron chi connectivity index (χ2n) is 3.99. The number of nitrogens with two attached hydrogens (primary N) is 1. The average Bonchev–Trinajstić information content (AvgIpc) is 2.61. The maximum atomic E-state index is 13.1. The van der Waals surface area contributed by atoms with Gasteiger partial charge in [-0.1, -0.05) is 0 Å². The van der Waals surface area contributed by atoms with Crippen LogP contribution in [0.5, 0.6) is 0 Å². The van der Waals surface area contributed by atoms with Crippen LogP contribution in [-0.4, -0.2) is 23.7 Å². The Balaban J connectivity index is 2.17. The van der Waals surface area contributed by atoms with Crippen molar-refractivity contribution in [2.75, 3.05) is 11.9 Å². The molecule has 1 aromatic rings. The predicted molar refractivity (Wildman–Crippen MR) is 57.9 cm³/mol. The van der Waals surface area contributed by atoms with Crippen molar-refractivity contribution >= 4 is 11.7 Å². The van der Waals surface area contributed by atoms with Gasteiger partial charge in [-0.2, -0.15) is 0 Å². The van der Waals surface area contributed by atoms with E-state index in [4.69, 9.17) is 10.8 Å². The Morgan fingerprint density at radius 1 is 1.69 bits per heavy atom. The molecule has 4 N–H and O–H groups in total. The van der Waals surface area contributed by atoms with Gasteiger partial charge < -0.3 is 16.2 Å². The van der Waals surface area contributed by atoms with Crippen LogP contribution in [-0.2, 0) is 4.79 Å². The molecule has 0 aliphatic carbocycles. The molecule has 0 radical (unpaired) electrons. The molecule has 1 aliphatic heterocycles. The Bertz CT molecular complexity index is 422. The van der Waals surface area contributed by atoms with Crippen LogP contribution < -0.4 is 11.1 Å². The molecular weight excluding hydrogens is 211 g/mol. The van der Waals surface area contributed by atoms with Gasteiger partial charge in [0.2, 0.25) is 0 Å². The van der Waals surface area contributed by atoms with Gasteiger partial charge in [0.25, 0.3) is 0 Å². The summed E-state index contributed by atoms with van der Waals surface area (Å²) in [6, 6.07) is 3.58. The van der Waals surface area contributed by atoms with Crippen molar-refractivity contribution in [3.63, 3.8) is 0 Å². The predicted octanol–water partition coefficient (Wildman–Crippen LogP) is 1.14. The number of hydrogen-bond donors (Lipinski definition) is 3. The molecule has 1 aromatic carbocycles. The van der Waals surface area contributed by atoms with E-state index in [9.17, 15) is 9.18 Å². The van der Waals surface area contributed by atoms with Crippen LogP contribution >= 0.6 is 0 Å². The number of carbonyl (C=O) groups is 1. The third-order valence-corrected chi connectivity index (χ3v) is 2.85. The average molecular weight is 224 g/mol. The number of fused-ring (bicyclic) bond motifs is 1. The molecule has 2 rings (SSSR count). The van der Waals surface area contributed by atoms with Gasteiger partial charge in [-0.3, -0.25) is 4.79 Å². The first-order valence-corrected chi connectivity index (χ1v) is 5.09. The summed E-state index contributed by atoms with van der Waals surface area (Å²) in [6.07, 6.45) is 0.318. The Hall–Kier alpha value is -1.62. The maximum Gasteiger partial charge on any atom is 0.320 e. The molecule has 1 aliphatic rings. The zero-order valence-corrected chi connectivity index (χ0v) is 8.61. The number of hydrogen-bond acceptors (Lipinski definition) is 3. The molecule has 0 spiro atoms. The summed E-state index contributed by atoms with van der Waals surface area (Å²) in [4.78, 5) is 10.6. The second kappa shape index (κ2) is 4.09. The Kier molecular flexibility index (Phi) is 2.78. The van der Waals surface area contributed by atoms with Crippen molar-refractivity contribution in [2.45, 2.75) is 18.4 Å². The lowest BCUT2D eigenvalue weighted by molar-refractivity contribution is -0.138. The van der Waals surface area contributed by atoms with Gasteiger partial charge >= 0.3 is 5.97 Å². The van der Waals surface area contributed by atoms with Gasteiger partial charge in [-0.25, -0.2) is 4.39 Å². The highest BCUT2D eigenvalue weighted by Gasteiger charge is 2.26. The number of carboxylic acid groups (broad SMARTS) is 1. The lowest BCUT2D eigenvalue weighted by Gasteiger charge is -2.13. The fraction of sp³-hybridized carbons (Fsp3) is 0.364. The molecular formula is C11H13FN2O2. The van der Waals surface area contributed by atoms with E-state index in [-0.39, 0.29) is 11.7 Å². The van der Waals surface area contributed by atoms with E-state index in [0.29, 0.717) is 13.0 Å². The third-order valence-electron chi connectivity index (χ3n) is 2.85. The maximum absolute atomic E-state index is 13.1. The van der Waals surface area contributed by atoms with Crippen LogP contribution in [0, 0.1) is 5.82 Å². The van der Waals surface area contributed by atoms with Crippen molar-refractivity contribution < 1.29 is 14.3 Å². The summed E-state index contributed by atoms with van der Waals surface area (Å²) in [5.74, 6) is -1.36. The number of rotatable bonds is 3. The van der Waals surface area contributed by atoms with Crippen molar-refractivity contribution in [3.05, 3.63) is 29.6 Å². The topological polar surface area (TPSA) is 75.3 Å². The molecule has 2 atom stereocenters. The number of nitrogens with one attached hydrogen (secondary N) is 1. The SMILES string of the molecule is NC(CC1CNc2ccc(F)cc21)C(=O)O. The summed E-state index contributed by atoms with van der Waals surface area (Å²) in [5, 5.41) is 11.8. The van der Waals surface area contributed by atoms with Crippen molar-refractivity contribution in [1.82, 2.24) is 0 Å². The number of halogens is 1. The van der Waals surface area contributed by atoms with Gasteiger partial charge in [-0.15, -0.1) is 0 Å². The lowest BCUT2D eigenvalue weighted by Crippen LogP contribution is -2.32. The van der Waals surface area contributed by atoms with Crippen LogP contribution in [0.15, 0.2) is 18.2 Å². The molecule has 86 valence electrons. The molecule has 2 unspecified atom stereocenters. The van der Waals surface area contributed by atoms with Crippen LogP contribution in [0.25, 0.3) is 0 Å². The van der Waals surface area contributed by atoms with E-state index in [2.05, 4.69) is 5.32 Å². The highest BCUT2D eigenvalue weighted by Crippen LogP contribution is 2.34. The summed E-state index contributed by atoms with van der Waals surface area (Å²) in [6.45, 7) is 0.611. The quantitative estimate of drug-likeness (QED) is 0.719. The van der Waals surface area contributed by atoms with Gasteiger partial charge in [0.1, 0.15) is 11.9 Å². The fourth-order valence-corrected chi connectivity index (χ4v) is 1.99. The van der Waals surface area contributed by atoms with Crippen LogP contribution in [0.2, 0.25) is 0 Å². The molecule has 5 heteroatoms. The van der Waals surface area contributed by atoms with Gasteiger partial charge in [0, 0.05) is 18.2 Å². The van der Waals surface area contributed by atoms with Crippen molar-refractivity contribution in [3.8, 4) is 0 Å². The van der Waals surface area contributed by atoms with E-state index in [1.54, 1.807) is 6.07 Å². The van der Waals surface area contributed by atoms with E-state index in [0.717, 1.165) is 11.3 Å². The smallest absolute Gasteiger partial charge is 0.320 e. The second-order valence-corrected chi connectivity index (χ2v) is 3.99. The van der Waals surface area contributed by atoms with Crippen LogP contribution in [0.3, 0.4) is 0 Å². The van der Waals surface area contributed by atoms with Gasteiger partial charge in [0.15, 0.2) is 0 Å². The monoisotopic (exact) mass is 224 g/mol. The number of benzene rings is 1. The Labute approximate surface area is 92.3 Å². The van der Waals surface area contributed by atoms with E-state index >= 15 is 0 Å². The van der Waals surface area contributed by atoms with Crippen LogP contribution in [0.4, 0.5) is 10.1 Å². The van der Waals surface area contributed by atoms with Crippen molar-refractivity contribution in [1.29, 1.82) is 0 Å². The molecule has 16 heavy (non-hydrogen) atoms. The molecule has 4 nitrogen and oxygen atoms in total. The van der Waals surface area contributed by atoms with E-state index in [1.165, 1.54) is 12.1 Å². The zero-order valence-electron chi connectivity index (χ0n) is 8.61. The molecule has 0 aromatic heterocycles. The Morgan fingerprint density at radius 3 is 3.12 bits per heavy atom. The first-order chi connectivity index (χ1) is 7.58. The number of carboxylic acids is 1. The normalized spacial score (nSPS) is 20.0. The van der Waals surface area contributed by atoms with Crippen LogP contribution in [0.1, 0.15) is 17.9 Å². The van der Waals surface area contributed by atoms with E-state index < -0.39 is 12.0 Å². The zero-order chi connectivity index (χ0) is 11.7. The Morgan fingerprint density at radius 2 is 2.44 bits per heavy atom. The summed E-state index contributed by atoms with van der Waals surface area (Å²) >= 11 is 0. The summed E-state index contributed by atoms with van der Waals surface area (Å²) < 4.78 is 13.1. The number of aliphatic carboxylic acids is 1. The lowest BCUT2D eigenvalue weighted by atomic mass is 9.94. The largest absolute Gasteiger partial charge is 0.480 e. The number of anilines is 1. The molecule has 0 fully saturated rings. The van der Waals surface area contributed by atoms with E-state index in [1.807, 2.05) is 0 Å². The van der Waals surface area contributed by atoms with Crippen molar-refractivity contribution in [2.24, 2.45) is 5.73 Å². The minimum absolute atomic E-state index is 0.0307. The highest BCUT2D eigenvalue weighted by atomic mass is 19.1. The summed E-state index contributed by atoms with van der Waals surface area (Å²) in [7, 11) is 0. The minimum Gasteiger partial charge on any atom is -0.480 e. The molecule has 1 heterocycles. The first kappa shape index (κ1) is 10.9. The minimum atomic E-state index is -1.02. The van der Waals surface area contributed by atoms with Gasteiger partial charge in [0.05, 0.1) is 0 Å². The molecule has 0 bridgehead atoms. The molecule has 0 saturated heterocycles. The summed E-state index contributed by atoms with van der Waals surface area (Å²) in [5.41, 5.74) is 7.15. The molecule has 0 saturated carbocycles. The fourth-order valence-electron chi connectivity index (χ4n) is 1.99. The standard InChI is InChI=1S/C11H13FN2O2/c12-7-1-2-10-8(4-7)6(5-14-10)3-9(13)11(15)16/h1-2,4,6,9,14H,3,5,13H2,(H,15,16). The first-order valence-electron chi connectivity index (χ1n) is 5.09. The van der Waals surface area contributed by atoms with Gasteiger partial charge in [-0.05, 0) is 30.2 Å². The third kappa shape index (κ3) is 1.99.